The molecule has 7 heteroatoms. The lowest BCUT2D eigenvalue weighted by Gasteiger charge is -2.33. The topological polar surface area (TPSA) is 63.2 Å². The molecule has 6 nitrogen and oxygen atoms in total. The van der Waals surface area contributed by atoms with E-state index in [2.05, 4.69) is 25.7 Å². The van der Waals surface area contributed by atoms with E-state index in [1.807, 2.05) is 50.5 Å². The summed E-state index contributed by atoms with van der Waals surface area (Å²) in [5.74, 6) is 0.869. The van der Waals surface area contributed by atoms with Gasteiger partial charge in [-0.05, 0) is 29.7 Å². The molecule has 4 rings (SSSR count). The molecule has 160 valence electrons. The number of Topliss-reactive ketones (excluding diaryl/α,β-unsaturated/α-hetero) is 1. The minimum atomic E-state index is -0.147. The van der Waals surface area contributed by atoms with E-state index in [-0.39, 0.29) is 34.7 Å². The third kappa shape index (κ3) is 3.67. The van der Waals surface area contributed by atoms with Crippen LogP contribution in [-0.4, -0.2) is 35.1 Å². The molecule has 1 N–H and O–H groups in total. The molecule has 0 fully saturated rings. The molecule has 0 aliphatic carbocycles. The van der Waals surface area contributed by atoms with Gasteiger partial charge in [-0.25, -0.2) is 0 Å². The first-order valence-corrected chi connectivity index (χ1v) is 9.93. The van der Waals surface area contributed by atoms with Crippen molar-refractivity contribution in [1.29, 1.82) is 5.41 Å². The summed E-state index contributed by atoms with van der Waals surface area (Å²) >= 11 is 0. The number of aryl methyl sites for hydroxylation is 1. The molecule has 2 aromatic carbocycles. The van der Waals surface area contributed by atoms with Gasteiger partial charge in [-0.3, -0.25) is 10.2 Å². The summed E-state index contributed by atoms with van der Waals surface area (Å²) in [4.78, 5) is 15.5. The fraction of sp³-hybridized carbons (Fsp3) is 0.391. The number of nitrogens with zero attached hydrogens (tertiary/aromatic N) is 3. The zero-order chi connectivity index (χ0) is 20.9. The van der Waals surface area contributed by atoms with Crippen LogP contribution < -0.4 is 15.3 Å². The summed E-state index contributed by atoms with van der Waals surface area (Å²) in [5, 5.41) is 8.45. The molecule has 1 aromatic heterocycles. The van der Waals surface area contributed by atoms with Crippen molar-refractivity contribution in [3.63, 3.8) is 0 Å². The second kappa shape index (κ2) is 7.95. The van der Waals surface area contributed by atoms with Crippen LogP contribution in [0.1, 0.15) is 36.7 Å². The highest BCUT2D eigenvalue weighted by atomic mass is 79.9. The number of hydrogen-bond donors (Lipinski definition) is 1. The van der Waals surface area contributed by atoms with Crippen molar-refractivity contribution in [2.24, 2.45) is 7.05 Å². The molecule has 0 atom stereocenters. The van der Waals surface area contributed by atoms with Crippen molar-refractivity contribution >= 4 is 39.5 Å². The number of aromatic nitrogens is 2. The van der Waals surface area contributed by atoms with Crippen molar-refractivity contribution in [1.82, 2.24) is 9.13 Å². The smallest absolute Gasteiger partial charge is 0.203 e. The number of carbonyl (C=O) groups is 1. The van der Waals surface area contributed by atoms with Gasteiger partial charge < -0.3 is 18.8 Å². The molecule has 0 radical (unpaired) electrons. The number of nitrogens with one attached hydrogen (secondary N) is 1. The summed E-state index contributed by atoms with van der Waals surface area (Å²) in [7, 11) is 3.89. The molecule has 1 aliphatic rings. The lowest BCUT2D eigenvalue weighted by molar-refractivity contribution is 0.0971. The quantitative estimate of drug-likeness (QED) is 0.584. The first kappa shape index (κ1) is 22.2. The van der Waals surface area contributed by atoms with E-state index in [4.69, 9.17) is 10.1 Å². The number of likely N-dealkylation sites (N-methyl/N-ethyl adjacent to an activating group) is 1. The lowest BCUT2D eigenvalue weighted by Crippen LogP contribution is -2.31. The Bertz CT molecular complexity index is 1170. The fourth-order valence-corrected chi connectivity index (χ4v) is 3.95. The molecule has 2 heterocycles. The maximum absolute atomic E-state index is 13.3. The van der Waals surface area contributed by atoms with Crippen molar-refractivity contribution in [2.75, 3.05) is 25.1 Å². The summed E-state index contributed by atoms with van der Waals surface area (Å²) in [6, 6.07) is 11.7. The Kier molecular flexibility index (Phi) is 5.87. The molecule has 30 heavy (non-hydrogen) atoms. The van der Waals surface area contributed by atoms with Crippen LogP contribution in [0.5, 0.6) is 5.75 Å². The number of halogens is 1. The number of rotatable bonds is 3. The van der Waals surface area contributed by atoms with Gasteiger partial charge in [0, 0.05) is 25.2 Å². The normalized spacial score (nSPS) is 13.6. The number of benzene rings is 2. The molecule has 0 saturated heterocycles. The highest BCUT2D eigenvalue weighted by Gasteiger charge is 2.28. The van der Waals surface area contributed by atoms with Gasteiger partial charge >= 0.3 is 0 Å². The zero-order valence-corrected chi connectivity index (χ0v) is 19.9. The minimum absolute atomic E-state index is 0. The third-order valence-electron chi connectivity index (χ3n) is 5.69. The highest BCUT2D eigenvalue weighted by Crippen LogP contribution is 2.41. The Labute approximate surface area is 187 Å². The average Bonchev–Trinajstić information content (AvgIpc) is 2.92. The predicted molar refractivity (Wildman–Crippen MR) is 125 cm³/mol. The Balaban J connectivity index is 0.00000256. The molecule has 0 saturated carbocycles. The average molecular weight is 473 g/mol. The second-order valence-electron chi connectivity index (χ2n) is 8.77. The SMILES string of the molecule is Br.CN1CCOc2c1cc(C(=O)Cn1c(=N)n(C)c3ccccc31)cc2C(C)(C)C. The van der Waals surface area contributed by atoms with E-state index in [9.17, 15) is 4.79 Å². The van der Waals surface area contributed by atoms with Gasteiger partial charge in [0.15, 0.2) is 5.78 Å². The van der Waals surface area contributed by atoms with Gasteiger partial charge in [0.05, 0.1) is 29.8 Å². The number of hydrogen-bond acceptors (Lipinski definition) is 4. The Morgan fingerprint density at radius 1 is 1.13 bits per heavy atom. The van der Waals surface area contributed by atoms with Crippen LogP contribution in [0, 0.1) is 5.41 Å². The van der Waals surface area contributed by atoms with Gasteiger partial charge in [0.1, 0.15) is 12.4 Å². The Morgan fingerprint density at radius 3 is 2.47 bits per heavy atom. The first-order chi connectivity index (χ1) is 13.7. The van der Waals surface area contributed by atoms with Crippen LogP contribution in [0.3, 0.4) is 0 Å². The fourth-order valence-electron chi connectivity index (χ4n) is 3.95. The van der Waals surface area contributed by atoms with Crippen LogP contribution in [0.2, 0.25) is 0 Å². The van der Waals surface area contributed by atoms with Gasteiger partial charge in [-0.1, -0.05) is 32.9 Å². The van der Waals surface area contributed by atoms with E-state index in [1.165, 1.54) is 0 Å². The summed E-state index contributed by atoms with van der Waals surface area (Å²) in [6.45, 7) is 7.98. The van der Waals surface area contributed by atoms with E-state index in [0.29, 0.717) is 17.8 Å². The molecule has 0 spiro atoms. The number of para-hydroxylation sites is 2. The van der Waals surface area contributed by atoms with Crippen molar-refractivity contribution < 1.29 is 9.53 Å². The van der Waals surface area contributed by atoms with Crippen LogP contribution in [0.25, 0.3) is 11.0 Å². The molecule has 3 aromatic rings. The van der Waals surface area contributed by atoms with Crippen molar-refractivity contribution in [2.45, 2.75) is 32.7 Å². The molecule has 1 aliphatic heterocycles. The Morgan fingerprint density at radius 2 is 1.80 bits per heavy atom. The maximum Gasteiger partial charge on any atom is 0.203 e. The number of imidazole rings is 1. The largest absolute Gasteiger partial charge is 0.489 e. The van der Waals surface area contributed by atoms with Gasteiger partial charge in [0.2, 0.25) is 5.62 Å². The van der Waals surface area contributed by atoms with Crippen molar-refractivity contribution in [3.05, 3.63) is 53.1 Å². The third-order valence-corrected chi connectivity index (χ3v) is 5.69. The summed E-state index contributed by atoms with van der Waals surface area (Å²) in [5.41, 5.74) is 4.66. The minimum Gasteiger partial charge on any atom is -0.489 e. The zero-order valence-electron chi connectivity index (χ0n) is 18.2. The highest BCUT2D eigenvalue weighted by molar-refractivity contribution is 8.93. The van der Waals surface area contributed by atoms with Crippen molar-refractivity contribution in [3.8, 4) is 5.75 Å². The summed E-state index contributed by atoms with van der Waals surface area (Å²) in [6.07, 6.45) is 0. The lowest BCUT2D eigenvalue weighted by atomic mass is 9.84. The van der Waals surface area contributed by atoms with Gasteiger partial charge in [-0.15, -0.1) is 17.0 Å². The van der Waals surface area contributed by atoms with Crippen LogP contribution in [0.15, 0.2) is 36.4 Å². The van der Waals surface area contributed by atoms with E-state index in [1.54, 1.807) is 9.13 Å². The monoisotopic (exact) mass is 472 g/mol. The predicted octanol–water partition coefficient (Wildman–Crippen LogP) is 4.05. The molecular weight excluding hydrogens is 444 g/mol. The number of fused-ring (bicyclic) bond motifs is 2. The number of carbonyl (C=O) groups excluding carboxylic acids is 1. The summed E-state index contributed by atoms with van der Waals surface area (Å²) < 4.78 is 9.57. The maximum atomic E-state index is 13.3. The van der Waals surface area contributed by atoms with Gasteiger partial charge in [0.25, 0.3) is 0 Å². The number of ketones is 1. The number of ether oxygens (including phenoxy) is 1. The molecule has 0 amide bonds. The standard InChI is InChI=1S/C23H28N4O2.BrH/c1-23(2,3)16-12-15(13-19-21(16)29-11-10-25(19)4)20(28)14-27-18-9-7-6-8-17(18)26(5)22(27)24;/h6-9,12-13,24H,10-11,14H2,1-5H3;1H. The van der Waals surface area contributed by atoms with Gasteiger partial charge in [-0.2, -0.15) is 0 Å². The van der Waals surface area contributed by atoms with E-state index in [0.717, 1.165) is 34.6 Å². The second-order valence-corrected chi connectivity index (χ2v) is 8.77. The first-order valence-electron chi connectivity index (χ1n) is 9.93. The van der Waals surface area contributed by atoms with E-state index < -0.39 is 0 Å². The van der Waals surface area contributed by atoms with Crippen LogP contribution in [0.4, 0.5) is 5.69 Å². The van der Waals surface area contributed by atoms with E-state index >= 15 is 0 Å². The number of anilines is 1. The Hall–Kier alpha value is -2.54. The molecule has 0 unspecified atom stereocenters. The van der Waals surface area contributed by atoms with Crippen LogP contribution >= 0.6 is 17.0 Å². The molecule has 0 bridgehead atoms. The van der Waals surface area contributed by atoms with Crippen LogP contribution in [-0.2, 0) is 19.0 Å². The molecular formula is C23H29BrN4O2.